The monoisotopic (exact) mass is 317 g/mol. The van der Waals surface area contributed by atoms with Crippen molar-refractivity contribution in [2.45, 2.75) is 19.4 Å². The van der Waals surface area contributed by atoms with Crippen molar-refractivity contribution in [3.8, 4) is 5.75 Å². The highest BCUT2D eigenvalue weighted by atomic mass is 16.5. The SMILES string of the molecule is COc1ccccc1N1CC(C(=O)N2CCNCC2C)CC1=O. The van der Waals surface area contributed by atoms with Crippen molar-refractivity contribution < 1.29 is 14.3 Å². The van der Waals surface area contributed by atoms with E-state index in [0.29, 0.717) is 18.8 Å². The van der Waals surface area contributed by atoms with Gasteiger partial charge in [-0.1, -0.05) is 12.1 Å². The number of para-hydroxylation sites is 2. The second kappa shape index (κ2) is 6.58. The number of rotatable bonds is 3. The van der Waals surface area contributed by atoms with Gasteiger partial charge in [-0.2, -0.15) is 0 Å². The third kappa shape index (κ3) is 3.03. The summed E-state index contributed by atoms with van der Waals surface area (Å²) in [6.07, 6.45) is 0.271. The van der Waals surface area contributed by atoms with Crippen LogP contribution in [0.3, 0.4) is 0 Å². The van der Waals surface area contributed by atoms with Crippen molar-refractivity contribution in [1.82, 2.24) is 10.2 Å². The van der Waals surface area contributed by atoms with Gasteiger partial charge >= 0.3 is 0 Å². The minimum Gasteiger partial charge on any atom is -0.495 e. The number of benzene rings is 1. The van der Waals surface area contributed by atoms with E-state index in [-0.39, 0.29) is 30.2 Å². The highest BCUT2D eigenvalue weighted by Crippen LogP contribution is 2.33. The van der Waals surface area contributed by atoms with Crippen molar-refractivity contribution >= 4 is 17.5 Å². The molecule has 0 radical (unpaired) electrons. The lowest BCUT2D eigenvalue weighted by atomic mass is 10.1. The smallest absolute Gasteiger partial charge is 0.228 e. The summed E-state index contributed by atoms with van der Waals surface area (Å²) >= 11 is 0. The molecule has 0 saturated carbocycles. The molecule has 2 heterocycles. The fraction of sp³-hybridized carbons (Fsp3) is 0.529. The summed E-state index contributed by atoms with van der Waals surface area (Å²) in [5, 5.41) is 3.28. The van der Waals surface area contributed by atoms with Crippen molar-refractivity contribution in [3.05, 3.63) is 24.3 Å². The van der Waals surface area contributed by atoms with Gasteiger partial charge in [0.05, 0.1) is 18.7 Å². The standard InChI is InChI=1S/C17H23N3O3/c1-12-10-18-7-8-19(12)17(22)13-9-16(21)20(11-13)14-5-3-4-6-15(14)23-2/h3-6,12-13,18H,7-11H2,1-2H3. The number of hydrogen-bond donors (Lipinski definition) is 1. The Kier molecular flexibility index (Phi) is 4.52. The third-order valence-electron chi connectivity index (χ3n) is 4.63. The zero-order chi connectivity index (χ0) is 16.4. The minimum absolute atomic E-state index is 0.0179. The first-order valence-electron chi connectivity index (χ1n) is 8.06. The van der Waals surface area contributed by atoms with E-state index in [1.54, 1.807) is 12.0 Å². The fourth-order valence-electron chi connectivity index (χ4n) is 3.36. The summed E-state index contributed by atoms with van der Waals surface area (Å²) in [6.45, 7) is 4.79. The van der Waals surface area contributed by atoms with E-state index in [0.717, 1.165) is 18.8 Å². The Morgan fingerprint density at radius 1 is 1.35 bits per heavy atom. The molecule has 2 saturated heterocycles. The van der Waals surface area contributed by atoms with Gasteiger partial charge in [-0.15, -0.1) is 0 Å². The van der Waals surface area contributed by atoms with Gasteiger partial charge in [0.1, 0.15) is 5.75 Å². The number of hydrogen-bond acceptors (Lipinski definition) is 4. The van der Waals surface area contributed by atoms with E-state index >= 15 is 0 Å². The molecule has 6 heteroatoms. The van der Waals surface area contributed by atoms with Crippen molar-refractivity contribution in [3.63, 3.8) is 0 Å². The van der Waals surface area contributed by atoms with Gasteiger partial charge in [0, 0.05) is 38.6 Å². The molecule has 2 aliphatic rings. The summed E-state index contributed by atoms with van der Waals surface area (Å²) in [5.74, 6) is 0.456. The van der Waals surface area contributed by atoms with Gasteiger partial charge in [-0.25, -0.2) is 0 Å². The Hall–Kier alpha value is -2.08. The molecule has 2 atom stereocenters. The Morgan fingerprint density at radius 2 is 2.13 bits per heavy atom. The molecule has 23 heavy (non-hydrogen) atoms. The van der Waals surface area contributed by atoms with Crippen LogP contribution in [0.5, 0.6) is 5.75 Å². The van der Waals surface area contributed by atoms with Gasteiger partial charge in [0.2, 0.25) is 11.8 Å². The zero-order valence-corrected chi connectivity index (χ0v) is 13.6. The largest absolute Gasteiger partial charge is 0.495 e. The quantitative estimate of drug-likeness (QED) is 0.898. The number of anilines is 1. The van der Waals surface area contributed by atoms with E-state index in [2.05, 4.69) is 5.32 Å². The topological polar surface area (TPSA) is 61.9 Å². The number of piperazine rings is 1. The van der Waals surface area contributed by atoms with Crippen LogP contribution in [0.4, 0.5) is 5.69 Å². The molecule has 1 aromatic carbocycles. The Balaban J connectivity index is 1.75. The number of nitrogens with one attached hydrogen (secondary N) is 1. The number of carbonyl (C=O) groups is 2. The van der Waals surface area contributed by atoms with Crippen molar-refractivity contribution in [2.75, 3.05) is 38.2 Å². The molecule has 1 N–H and O–H groups in total. The number of nitrogens with zero attached hydrogens (tertiary/aromatic N) is 2. The van der Waals surface area contributed by atoms with Crippen LogP contribution in [0.25, 0.3) is 0 Å². The molecule has 0 spiro atoms. The summed E-state index contributed by atoms with van der Waals surface area (Å²) < 4.78 is 5.34. The van der Waals surface area contributed by atoms with E-state index in [1.165, 1.54) is 0 Å². The Labute approximate surface area is 136 Å². The summed E-state index contributed by atoms with van der Waals surface area (Å²) in [5.41, 5.74) is 0.739. The molecule has 2 amide bonds. The third-order valence-corrected chi connectivity index (χ3v) is 4.63. The van der Waals surface area contributed by atoms with Gasteiger partial charge in [0.25, 0.3) is 0 Å². The number of carbonyl (C=O) groups excluding carboxylic acids is 2. The molecule has 2 fully saturated rings. The average Bonchev–Trinajstić information content (AvgIpc) is 2.96. The van der Waals surface area contributed by atoms with Gasteiger partial charge < -0.3 is 19.9 Å². The molecule has 2 aliphatic heterocycles. The summed E-state index contributed by atoms with van der Waals surface area (Å²) in [6, 6.07) is 7.60. The fourth-order valence-corrected chi connectivity index (χ4v) is 3.36. The number of amides is 2. The van der Waals surface area contributed by atoms with E-state index in [1.807, 2.05) is 36.1 Å². The van der Waals surface area contributed by atoms with Crippen LogP contribution in [0.1, 0.15) is 13.3 Å². The number of ether oxygens (including phenoxy) is 1. The molecule has 0 aromatic heterocycles. The predicted octanol–water partition coefficient (Wildman–Crippen LogP) is 0.868. The van der Waals surface area contributed by atoms with E-state index in [9.17, 15) is 9.59 Å². The maximum absolute atomic E-state index is 12.8. The Morgan fingerprint density at radius 3 is 2.87 bits per heavy atom. The highest BCUT2D eigenvalue weighted by Gasteiger charge is 2.39. The molecule has 0 aliphatic carbocycles. The molecule has 1 aromatic rings. The van der Waals surface area contributed by atoms with Crippen LogP contribution in [0.2, 0.25) is 0 Å². The van der Waals surface area contributed by atoms with Crippen molar-refractivity contribution in [1.29, 1.82) is 0 Å². The van der Waals surface area contributed by atoms with Crippen LogP contribution < -0.4 is 15.0 Å². The van der Waals surface area contributed by atoms with Crippen LogP contribution in [0, 0.1) is 5.92 Å². The first-order valence-corrected chi connectivity index (χ1v) is 8.06. The van der Waals surface area contributed by atoms with E-state index in [4.69, 9.17) is 4.74 Å². The highest BCUT2D eigenvalue weighted by molar-refractivity contribution is 6.01. The zero-order valence-electron chi connectivity index (χ0n) is 13.6. The van der Waals surface area contributed by atoms with E-state index < -0.39 is 0 Å². The van der Waals surface area contributed by atoms with Gasteiger partial charge in [-0.3, -0.25) is 9.59 Å². The van der Waals surface area contributed by atoms with Gasteiger partial charge in [0.15, 0.2) is 0 Å². The average molecular weight is 317 g/mol. The molecule has 2 unspecified atom stereocenters. The summed E-state index contributed by atoms with van der Waals surface area (Å²) in [7, 11) is 1.59. The maximum Gasteiger partial charge on any atom is 0.228 e. The van der Waals surface area contributed by atoms with Crippen LogP contribution >= 0.6 is 0 Å². The van der Waals surface area contributed by atoms with Gasteiger partial charge in [-0.05, 0) is 19.1 Å². The first-order chi connectivity index (χ1) is 11.1. The lowest BCUT2D eigenvalue weighted by molar-refractivity contribution is -0.138. The Bertz CT molecular complexity index is 605. The van der Waals surface area contributed by atoms with Crippen LogP contribution in [-0.4, -0.2) is 56.0 Å². The van der Waals surface area contributed by atoms with Crippen LogP contribution in [0.15, 0.2) is 24.3 Å². The van der Waals surface area contributed by atoms with Crippen LogP contribution in [-0.2, 0) is 9.59 Å². The second-order valence-corrected chi connectivity index (χ2v) is 6.16. The molecular weight excluding hydrogens is 294 g/mol. The lowest BCUT2D eigenvalue weighted by Crippen LogP contribution is -2.54. The molecular formula is C17H23N3O3. The lowest BCUT2D eigenvalue weighted by Gasteiger charge is -2.35. The molecule has 6 nitrogen and oxygen atoms in total. The molecule has 0 bridgehead atoms. The molecule has 124 valence electrons. The predicted molar refractivity (Wildman–Crippen MR) is 87.5 cm³/mol. The number of methoxy groups -OCH3 is 1. The van der Waals surface area contributed by atoms with Crippen molar-refractivity contribution in [2.24, 2.45) is 5.92 Å². The summed E-state index contributed by atoms with van der Waals surface area (Å²) in [4.78, 5) is 28.8. The second-order valence-electron chi connectivity index (χ2n) is 6.16. The normalized spacial score (nSPS) is 24.9. The maximum atomic E-state index is 12.8. The first kappa shape index (κ1) is 15.8. The minimum atomic E-state index is -0.270. The molecule has 3 rings (SSSR count).